The van der Waals surface area contributed by atoms with Crippen LogP contribution in [0.15, 0.2) is 42.5 Å². The van der Waals surface area contributed by atoms with Crippen molar-refractivity contribution >= 4 is 6.08 Å². The molecule has 0 aliphatic heterocycles. The molecule has 0 aliphatic rings. The Balaban J connectivity index is 2.40. The summed E-state index contributed by atoms with van der Waals surface area (Å²) in [6, 6.07) is 12.9. The topological polar surface area (TPSA) is 69.9 Å². The van der Waals surface area contributed by atoms with Crippen molar-refractivity contribution in [3.63, 3.8) is 0 Å². The molecule has 33 heavy (non-hydrogen) atoms. The van der Waals surface area contributed by atoms with Crippen molar-refractivity contribution in [3.05, 3.63) is 70.3 Å². The monoisotopic (exact) mass is 454 g/mol. The van der Waals surface area contributed by atoms with Gasteiger partial charge in [0.2, 0.25) is 0 Å². The quantitative estimate of drug-likeness (QED) is 0.384. The van der Waals surface area contributed by atoms with Gasteiger partial charge in [0, 0.05) is 5.41 Å². The SMILES string of the molecule is CCC(O)(/C=C/c1ccc(C(CC)(CC)c2ccc(OCC(O)CO)c(C)c2)cc1C)CC. The molecule has 0 aromatic heterocycles. The van der Waals surface area contributed by atoms with Gasteiger partial charge in [-0.05, 0) is 73.4 Å². The highest BCUT2D eigenvalue weighted by molar-refractivity contribution is 5.57. The fraction of sp³-hybridized carbons (Fsp3) is 0.517. The van der Waals surface area contributed by atoms with Crippen LogP contribution in [0, 0.1) is 13.8 Å². The van der Waals surface area contributed by atoms with Crippen LogP contribution in [0.4, 0.5) is 0 Å². The zero-order chi connectivity index (χ0) is 24.6. The minimum Gasteiger partial charge on any atom is -0.491 e. The Kier molecular flexibility index (Phi) is 9.71. The van der Waals surface area contributed by atoms with Crippen LogP contribution in [0.25, 0.3) is 6.08 Å². The lowest BCUT2D eigenvalue weighted by molar-refractivity contribution is 0.0534. The Hall–Kier alpha value is -2.14. The van der Waals surface area contributed by atoms with E-state index in [1.54, 1.807) is 0 Å². The first kappa shape index (κ1) is 27.1. The van der Waals surface area contributed by atoms with Crippen LogP contribution in [0.5, 0.6) is 5.75 Å². The van der Waals surface area contributed by atoms with Gasteiger partial charge in [0.05, 0.1) is 12.2 Å². The van der Waals surface area contributed by atoms with E-state index in [-0.39, 0.29) is 18.6 Å². The normalized spacial score (nSPS) is 13.5. The molecule has 1 unspecified atom stereocenters. The van der Waals surface area contributed by atoms with Crippen LogP contribution < -0.4 is 4.74 Å². The Morgan fingerprint density at radius 3 is 1.94 bits per heavy atom. The molecule has 2 aromatic carbocycles. The molecule has 2 rings (SSSR count). The van der Waals surface area contributed by atoms with Gasteiger partial charge < -0.3 is 20.1 Å². The van der Waals surface area contributed by atoms with E-state index in [2.05, 4.69) is 51.1 Å². The van der Waals surface area contributed by atoms with E-state index in [0.29, 0.717) is 12.8 Å². The highest BCUT2D eigenvalue weighted by Gasteiger charge is 2.31. The maximum Gasteiger partial charge on any atom is 0.122 e. The molecule has 0 heterocycles. The van der Waals surface area contributed by atoms with Gasteiger partial charge in [-0.25, -0.2) is 0 Å². The fourth-order valence-corrected chi connectivity index (χ4v) is 4.47. The van der Waals surface area contributed by atoms with Crippen LogP contribution in [0.1, 0.15) is 81.2 Å². The second kappa shape index (κ2) is 11.8. The Labute approximate surface area is 199 Å². The van der Waals surface area contributed by atoms with Gasteiger partial charge in [-0.3, -0.25) is 0 Å². The van der Waals surface area contributed by atoms with E-state index in [9.17, 15) is 10.2 Å². The third-order valence-corrected chi connectivity index (χ3v) is 7.20. The Morgan fingerprint density at radius 2 is 1.45 bits per heavy atom. The second-order valence-corrected chi connectivity index (χ2v) is 9.13. The van der Waals surface area contributed by atoms with Crippen LogP contribution in [-0.4, -0.2) is 40.2 Å². The third kappa shape index (κ3) is 6.26. The number of ether oxygens (including phenoxy) is 1. The molecule has 0 saturated carbocycles. The van der Waals surface area contributed by atoms with Crippen molar-refractivity contribution in [2.24, 2.45) is 0 Å². The van der Waals surface area contributed by atoms with Gasteiger partial charge in [0.15, 0.2) is 0 Å². The van der Waals surface area contributed by atoms with Gasteiger partial charge in [-0.2, -0.15) is 0 Å². The van der Waals surface area contributed by atoms with Crippen LogP contribution in [0.2, 0.25) is 0 Å². The van der Waals surface area contributed by atoms with Gasteiger partial charge in [0.25, 0.3) is 0 Å². The van der Waals surface area contributed by atoms with Gasteiger partial charge >= 0.3 is 0 Å². The van der Waals surface area contributed by atoms with Crippen LogP contribution >= 0.6 is 0 Å². The van der Waals surface area contributed by atoms with Gasteiger partial charge in [0.1, 0.15) is 18.5 Å². The van der Waals surface area contributed by atoms with E-state index >= 15 is 0 Å². The van der Waals surface area contributed by atoms with E-state index < -0.39 is 11.7 Å². The molecule has 0 fully saturated rings. The largest absolute Gasteiger partial charge is 0.491 e. The van der Waals surface area contributed by atoms with Crippen LogP contribution in [-0.2, 0) is 5.41 Å². The molecule has 4 nitrogen and oxygen atoms in total. The number of hydrogen-bond donors (Lipinski definition) is 3. The average Bonchev–Trinajstić information content (AvgIpc) is 2.83. The molecular weight excluding hydrogens is 412 g/mol. The third-order valence-electron chi connectivity index (χ3n) is 7.20. The summed E-state index contributed by atoms with van der Waals surface area (Å²) in [4.78, 5) is 0. The molecule has 1 atom stereocenters. The highest BCUT2D eigenvalue weighted by Crippen LogP contribution is 2.41. The van der Waals surface area contributed by atoms with Crippen molar-refractivity contribution in [1.82, 2.24) is 0 Å². The first-order valence-corrected chi connectivity index (χ1v) is 12.2. The van der Waals surface area contributed by atoms with Crippen molar-refractivity contribution in [2.45, 2.75) is 84.3 Å². The summed E-state index contributed by atoms with van der Waals surface area (Å²) in [6.07, 6.45) is 6.42. The number of rotatable bonds is 12. The first-order valence-electron chi connectivity index (χ1n) is 12.2. The van der Waals surface area contributed by atoms with E-state index in [1.807, 2.05) is 39.0 Å². The Morgan fingerprint density at radius 1 is 0.879 bits per heavy atom. The predicted octanol–water partition coefficient (Wildman–Crippen LogP) is 5.71. The zero-order valence-electron chi connectivity index (χ0n) is 21.2. The van der Waals surface area contributed by atoms with Crippen molar-refractivity contribution in [3.8, 4) is 5.75 Å². The first-order chi connectivity index (χ1) is 15.7. The summed E-state index contributed by atoms with van der Waals surface area (Å²) in [5.74, 6) is 0.725. The minimum absolute atomic E-state index is 0.0722. The van der Waals surface area contributed by atoms with Crippen molar-refractivity contribution in [1.29, 1.82) is 0 Å². The number of benzene rings is 2. The lowest BCUT2D eigenvalue weighted by atomic mass is 9.70. The molecule has 3 N–H and O–H groups in total. The van der Waals surface area contributed by atoms with Crippen molar-refractivity contribution in [2.75, 3.05) is 13.2 Å². The number of aliphatic hydroxyl groups excluding tert-OH is 2. The maximum atomic E-state index is 10.6. The van der Waals surface area contributed by atoms with E-state index in [0.717, 1.165) is 29.7 Å². The Bertz CT molecular complexity index is 923. The maximum absolute atomic E-state index is 10.6. The lowest BCUT2D eigenvalue weighted by Gasteiger charge is -2.34. The summed E-state index contributed by atoms with van der Waals surface area (Å²) in [6.45, 7) is 12.4. The standard InChI is InChI=1S/C29H42O4/c1-7-28(32,8-2)16-15-23-11-12-24(17-21(23)5)29(9-3,10-4)25-13-14-27(22(6)18-25)33-20-26(31)19-30/h11-18,26,30-32H,7-10,19-20H2,1-6H3/b16-15+. The summed E-state index contributed by atoms with van der Waals surface area (Å²) in [7, 11) is 0. The fourth-order valence-electron chi connectivity index (χ4n) is 4.47. The van der Waals surface area contributed by atoms with Crippen molar-refractivity contribution < 1.29 is 20.1 Å². The average molecular weight is 455 g/mol. The molecule has 4 heteroatoms. The molecule has 182 valence electrons. The minimum atomic E-state index is -0.879. The van der Waals surface area contributed by atoms with Crippen LogP contribution in [0.3, 0.4) is 0 Å². The van der Waals surface area contributed by atoms with Gasteiger partial charge in [-0.15, -0.1) is 0 Å². The summed E-state index contributed by atoms with van der Waals surface area (Å²) < 4.78 is 5.70. The molecule has 0 bridgehead atoms. The molecule has 0 amide bonds. The number of aryl methyl sites for hydroxylation is 2. The zero-order valence-corrected chi connectivity index (χ0v) is 21.2. The summed E-state index contributed by atoms with van der Waals surface area (Å²) in [5.41, 5.74) is 4.99. The summed E-state index contributed by atoms with van der Waals surface area (Å²) >= 11 is 0. The molecule has 2 aromatic rings. The molecular formula is C29H42O4. The highest BCUT2D eigenvalue weighted by atomic mass is 16.5. The number of hydrogen-bond acceptors (Lipinski definition) is 4. The predicted molar refractivity (Wildman–Crippen MR) is 137 cm³/mol. The smallest absolute Gasteiger partial charge is 0.122 e. The van der Waals surface area contributed by atoms with Gasteiger partial charge in [-0.1, -0.05) is 70.2 Å². The number of aliphatic hydroxyl groups is 3. The molecule has 0 aliphatic carbocycles. The molecule has 0 radical (unpaired) electrons. The van der Waals surface area contributed by atoms with E-state index in [4.69, 9.17) is 9.84 Å². The lowest BCUT2D eigenvalue weighted by Crippen LogP contribution is -2.26. The summed E-state index contributed by atoms with van der Waals surface area (Å²) in [5, 5.41) is 29.2. The van der Waals surface area contributed by atoms with E-state index in [1.165, 1.54) is 16.7 Å². The second-order valence-electron chi connectivity index (χ2n) is 9.13. The molecule has 0 spiro atoms. The molecule has 0 saturated heterocycles.